The van der Waals surface area contributed by atoms with Crippen molar-refractivity contribution >= 4 is 17.0 Å². The van der Waals surface area contributed by atoms with Gasteiger partial charge in [-0.3, -0.25) is 0 Å². The third-order valence-electron chi connectivity index (χ3n) is 3.21. The molecule has 0 aliphatic carbocycles. The number of aromatic nitrogens is 2. The molecule has 3 aromatic rings. The Hall–Kier alpha value is -2.83. The summed E-state index contributed by atoms with van der Waals surface area (Å²) in [4.78, 5) is 17.8. The number of aromatic amines is 1. The maximum atomic E-state index is 12.7. The molecule has 1 heterocycles. The number of rotatable bonds is 2. The average Bonchev–Trinajstić information content (AvgIpc) is 2.89. The zero-order valence-corrected chi connectivity index (χ0v) is 11.0. The standard InChI is InChI=1S/C15H9F3N2O2/c16-15(17,18)10-5-6-11-12(7-10)20-13(19-11)8-1-3-9(4-2-8)14(21)22/h1-7H,(H,19,20)(H,21,22). The Balaban J connectivity index is 2.03. The normalized spacial score (nSPS) is 11.8. The highest BCUT2D eigenvalue weighted by atomic mass is 19.4. The molecule has 0 bridgehead atoms. The lowest BCUT2D eigenvalue weighted by Gasteiger charge is -2.05. The molecule has 2 aromatic carbocycles. The molecule has 0 saturated carbocycles. The summed E-state index contributed by atoms with van der Waals surface area (Å²) in [5, 5.41) is 8.84. The number of benzene rings is 2. The van der Waals surface area contributed by atoms with Gasteiger partial charge in [0.1, 0.15) is 5.82 Å². The number of nitrogens with zero attached hydrogens (tertiary/aromatic N) is 1. The van der Waals surface area contributed by atoms with Crippen molar-refractivity contribution in [2.45, 2.75) is 6.18 Å². The van der Waals surface area contributed by atoms with Crippen LogP contribution in [0.1, 0.15) is 15.9 Å². The second-order valence-electron chi connectivity index (χ2n) is 4.70. The lowest BCUT2D eigenvalue weighted by Crippen LogP contribution is -2.04. The van der Waals surface area contributed by atoms with Crippen LogP contribution in [-0.4, -0.2) is 21.0 Å². The molecule has 0 spiro atoms. The fourth-order valence-electron chi connectivity index (χ4n) is 2.09. The van der Waals surface area contributed by atoms with E-state index in [1.54, 1.807) is 12.1 Å². The highest BCUT2D eigenvalue weighted by Gasteiger charge is 2.30. The van der Waals surface area contributed by atoms with E-state index < -0.39 is 17.7 Å². The molecular formula is C15H9F3N2O2. The second kappa shape index (κ2) is 4.87. The molecule has 1 aromatic heterocycles. The quantitative estimate of drug-likeness (QED) is 0.753. The van der Waals surface area contributed by atoms with Crippen LogP contribution >= 0.6 is 0 Å². The number of hydrogen-bond acceptors (Lipinski definition) is 2. The largest absolute Gasteiger partial charge is 0.478 e. The number of alkyl halides is 3. The molecule has 4 nitrogen and oxygen atoms in total. The van der Waals surface area contributed by atoms with Gasteiger partial charge in [-0.05, 0) is 30.3 Å². The first-order valence-electron chi connectivity index (χ1n) is 6.25. The molecule has 0 amide bonds. The van der Waals surface area contributed by atoms with Gasteiger partial charge in [-0.2, -0.15) is 13.2 Å². The van der Waals surface area contributed by atoms with Crippen LogP contribution in [0.2, 0.25) is 0 Å². The number of carbonyl (C=O) groups is 1. The SMILES string of the molecule is O=C(O)c1ccc(-c2nc3ccc(C(F)(F)F)cc3[nH]2)cc1. The number of H-pyrrole nitrogens is 1. The van der Waals surface area contributed by atoms with Crippen molar-refractivity contribution in [1.82, 2.24) is 9.97 Å². The molecule has 0 fully saturated rings. The van der Waals surface area contributed by atoms with Crippen molar-refractivity contribution < 1.29 is 23.1 Å². The van der Waals surface area contributed by atoms with Gasteiger partial charge in [-0.1, -0.05) is 12.1 Å². The van der Waals surface area contributed by atoms with E-state index >= 15 is 0 Å². The van der Waals surface area contributed by atoms with Gasteiger partial charge < -0.3 is 10.1 Å². The van der Waals surface area contributed by atoms with Gasteiger partial charge in [0.15, 0.2) is 0 Å². The van der Waals surface area contributed by atoms with Gasteiger partial charge in [-0.25, -0.2) is 9.78 Å². The second-order valence-corrected chi connectivity index (χ2v) is 4.70. The molecule has 0 saturated heterocycles. The number of carboxylic acids is 1. The fourth-order valence-corrected chi connectivity index (χ4v) is 2.09. The Morgan fingerprint density at radius 2 is 1.77 bits per heavy atom. The van der Waals surface area contributed by atoms with Crippen LogP contribution in [0, 0.1) is 0 Å². The predicted molar refractivity (Wildman–Crippen MR) is 73.5 cm³/mol. The summed E-state index contributed by atoms with van der Waals surface area (Å²) in [6.45, 7) is 0. The molecule has 0 radical (unpaired) electrons. The minimum absolute atomic E-state index is 0.124. The van der Waals surface area contributed by atoms with E-state index in [9.17, 15) is 18.0 Å². The highest BCUT2D eigenvalue weighted by Crippen LogP contribution is 2.31. The summed E-state index contributed by atoms with van der Waals surface area (Å²) >= 11 is 0. The summed E-state index contributed by atoms with van der Waals surface area (Å²) in [7, 11) is 0. The lowest BCUT2D eigenvalue weighted by atomic mass is 10.1. The summed E-state index contributed by atoms with van der Waals surface area (Å²) in [6, 6.07) is 9.18. The Kier molecular flexibility index (Phi) is 3.13. The van der Waals surface area contributed by atoms with Gasteiger partial charge >= 0.3 is 12.1 Å². The van der Waals surface area contributed by atoms with E-state index in [0.29, 0.717) is 16.9 Å². The van der Waals surface area contributed by atoms with Crippen LogP contribution < -0.4 is 0 Å². The van der Waals surface area contributed by atoms with Gasteiger partial charge in [-0.15, -0.1) is 0 Å². The first kappa shape index (κ1) is 14.1. The first-order valence-corrected chi connectivity index (χ1v) is 6.25. The number of fused-ring (bicyclic) bond motifs is 1. The number of imidazole rings is 1. The van der Waals surface area contributed by atoms with E-state index in [2.05, 4.69) is 9.97 Å². The number of halogens is 3. The van der Waals surface area contributed by atoms with Gasteiger partial charge in [0.25, 0.3) is 0 Å². The summed E-state index contributed by atoms with van der Waals surface area (Å²) in [6.07, 6.45) is -4.41. The number of aromatic carboxylic acids is 1. The molecule has 22 heavy (non-hydrogen) atoms. The number of carboxylic acid groups (broad SMARTS) is 1. The van der Waals surface area contributed by atoms with E-state index in [1.165, 1.54) is 18.2 Å². The topological polar surface area (TPSA) is 66.0 Å². The van der Waals surface area contributed by atoms with Crippen molar-refractivity contribution in [3.05, 3.63) is 53.6 Å². The molecule has 3 rings (SSSR count). The van der Waals surface area contributed by atoms with Crippen molar-refractivity contribution in [2.75, 3.05) is 0 Å². The van der Waals surface area contributed by atoms with Crippen LogP contribution in [0.3, 0.4) is 0 Å². The molecule has 0 aliphatic rings. The smallest absolute Gasteiger partial charge is 0.416 e. The number of hydrogen-bond donors (Lipinski definition) is 2. The van der Waals surface area contributed by atoms with Crippen LogP contribution in [0.15, 0.2) is 42.5 Å². The first-order chi connectivity index (χ1) is 10.3. The summed E-state index contributed by atoms with van der Waals surface area (Å²) in [5.41, 5.74) is 0.642. The monoisotopic (exact) mass is 306 g/mol. The molecule has 0 aliphatic heterocycles. The molecule has 0 atom stereocenters. The minimum atomic E-state index is -4.41. The molecular weight excluding hydrogens is 297 g/mol. The maximum Gasteiger partial charge on any atom is 0.416 e. The van der Waals surface area contributed by atoms with Crippen molar-refractivity contribution in [1.29, 1.82) is 0 Å². The average molecular weight is 306 g/mol. The molecule has 112 valence electrons. The summed E-state index contributed by atoms with van der Waals surface area (Å²) in [5.74, 6) is -0.669. The maximum absolute atomic E-state index is 12.7. The van der Waals surface area contributed by atoms with Crippen molar-refractivity contribution in [3.63, 3.8) is 0 Å². The van der Waals surface area contributed by atoms with Gasteiger partial charge in [0, 0.05) is 5.56 Å². The van der Waals surface area contributed by atoms with Crippen LogP contribution in [0.5, 0.6) is 0 Å². The van der Waals surface area contributed by atoms with Crippen LogP contribution in [-0.2, 0) is 6.18 Å². The third-order valence-corrected chi connectivity index (χ3v) is 3.21. The van der Waals surface area contributed by atoms with Crippen LogP contribution in [0.25, 0.3) is 22.4 Å². The van der Waals surface area contributed by atoms with Gasteiger partial charge in [0.2, 0.25) is 0 Å². The van der Waals surface area contributed by atoms with Crippen molar-refractivity contribution in [3.8, 4) is 11.4 Å². The van der Waals surface area contributed by atoms with Crippen LogP contribution in [0.4, 0.5) is 13.2 Å². The minimum Gasteiger partial charge on any atom is -0.478 e. The fraction of sp³-hybridized carbons (Fsp3) is 0.0667. The molecule has 0 unspecified atom stereocenters. The highest BCUT2D eigenvalue weighted by molar-refractivity contribution is 5.88. The van der Waals surface area contributed by atoms with Crippen molar-refractivity contribution in [2.24, 2.45) is 0 Å². The van der Waals surface area contributed by atoms with E-state index in [-0.39, 0.29) is 11.1 Å². The Bertz CT molecular complexity index is 851. The van der Waals surface area contributed by atoms with Gasteiger partial charge in [0.05, 0.1) is 22.2 Å². The van der Waals surface area contributed by atoms with E-state index in [4.69, 9.17) is 5.11 Å². The molecule has 2 N–H and O–H groups in total. The zero-order valence-electron chi connectivity index (χ0n) is 11.0. The predicted octanol–water partition coefficient (Wildman–Crippen LogP) is 3.95. The Morgan fingerprint density at radius 3 is 2.36 bits per heavy atom. The zero-order chi connectivity index (χ0) is 15.9. The molecule has 7 heteroatoms. The number of nitrogens with one attached hydrogen (secondary N) is 1. The third kappa shape index (κ3) is 2.52. The Labute approximate surface area is 122 Å². The van der Waals surface area contributed by atoms with E-state index in [0.717, 1.165) is 12.1 Å². The Morgan fingerprint density at radius 1 is 1.09 bits per heavy atom. The lowest BCUT2D eigenvalue weighted by molar-refractivity contribution is -0.137. The summed E-state index contributed by atoms with van der Waals surface area (Å²) < 4.78 is 38.0. The van der Waals surface area contributed by atoms with E-state index in [1.807, 2.05) is 0 Å².